The van der Waals surface area contributed by atoms with Gasteiger partial charge < -0.3 is 5.32 Å². The molecule has 0 radical (unpaired) electrons. The summed E-state index contributed by atoms with van der Waals surface area (Å²) in [7, 11) is -2.53. The smallest absolute Gasteiger partial charge is 0.267 e. The van der Waals surface area contributed by atoms with Gasteiger partial charge in [-0.3, -0.25) is 9.10 Å². The molecule has 4 aromatic rings. The maximum absolute atomic E-state index is 13.8. The Labute approximate surface area is 204 Å². The third-order valence-electron chi connectivity index (χ3n) is 5.61. The highest BCUT2D eigenvalue weighted by Gasteiger charge is 2.32. The van der Waals surface area contributed by atoms with Crippen LogP contribution >= 0.6 is 11.3 Å². The van der Waals surface area contributed by atoms with Crippen LogP contribution in [0.15, 0.2) is 95.2 Å². The maximum Gasteiger partial charge on any atom is 0.267 e. The number of carbonyl (C=O) groups excluding carboxylic acids is 1. The van der Waals surface area contributed by atoms with Crippen molar-refractivity contribution >= 4 is 38.6 Å². The minimum absolute atomic E-state index is 0.00588. The zero-order valence-electron chi connectivity index (χ0n) is 19.2. The van der Waals surface area contributed by atoms with Gasteiger partial charge in [0.05, 0.1) is 5.69 Å². The second-order valence-electron chi connectivity index (χ2n) is 8.21. The Morgan fingerprint density at radius 3 is 2.06 bits per heavy atom. The number of carbonyl (C=O) groups is 1. The fourth-order valence-electron chi connectivity index (χ4n) is 3.63. The highest BCUT2D eigenvalue weighted by molar-refractivity contribution is 7.93. The van der Waals surface area contributed by atoms with Crippen LogP contribution in [-0.4, -0.2) is 21.4 Å². The number of nitrogens with one attached hydrogen (secondary N) is 1. The van der Waals surface area contributed by atoms with Crippen LogP contribution in [0.3, 0.4) is 0 Å². The van der Waals surface area contributed by atoms with Crippen LogP contribution in [0.25, 0.3) is 11.1 Å². The number of hydrogen-bond donors (Lipinski definition) is 1. The Morgan fingerprint density at radius 2 is 1.47 bits per heavy atom. The highest BCUT2D eigenvalue weighted by atomic mass is 32.2. The first kappa shape index (κ1) is 23.7. The number of anilines is 2. The Kier molecular flexibility index (Phi) is 6.86. The number of nitrogens with zero attached hydrogens (tertiary/aromatic N) is 1. The van der Waals surface area contributed by atoms with Crippen molar-refractivity contribution in [3.63, 3.8) is 0 Å². The quantitative estimate of drug-likeness (QED) is 0.317. The van der Waals surface area contributed by atoms with Gasteiger partial charge in [-0.05, 0) is 41.3 Å². The van der Waals surface area contributed by atoms with E-state index in [9.17, 15) is 13.2 Å². The van der Waals surface area contributed by atoms with Gasteiger partial charge in [-0.2, -0.15) is 0 Å². The molecular formula is C27H26N2O3S2. The molecule has 3 aromatic carbocycles. The molecule has 4 rings (SSSR count). The van der Waals surface area contributed by atoms with Crippen LogP contribution in [0.5, 0.6) is 0 Å². The Hall–Kier alpha value is -3.42. The second-order valence-corrected chi connectivity index (χ2v) is 11.0. The Balaban J connectivity index is 1.78. The fraction of sp³-hybridized carbons (Fsp3) is 0.148. The van der Waals surface area contributed by atoms with E-state index in [4.69, 9.17) is 0 Å². The van der Waals surface area contributed by atoms with E-state index in [2.05, 4.69) is 19.2 Å². The van der Waals surface area contributed by atoms with Crippen molar-refractivity contribution < 1.29 is 13.2 Å². The lowest BCUT2D eigenvalue weighted by atomic mass is 10.0. The Morgan fingerprint density at radius 1 is 0.882 bits per heavy atom. The molecule has 0 bridgehead atoms. The topological polar surface area (TPSA) is 66.5 Å². The molecule has 0 aliphatic carbocycles. The summed E-state index contributed by atoms with van der Waals surface area (Å²) < 4.78 is 28.9. The summed E-state index contributed by atoms with van der Waals surface area (Å²) in [6, 6.07) is 25.7. The van der Waals surface area contributed by atoms with E-state index in [1.165, 1.54) is 11.4 Å². The molecule has 1 N–H and O–H groups in total. The van der Waals surface area contributed by atoms with Gasteiger partial charge in [-0.1, -0.05) is 74.5 Å². The van der Waals surface area contributed by atoms with Gasteiger partial charge in [-0.15, -0.1) is 11.3 Å². The maximum atomic E-state index is 13.8. The first-order valence-electron chi connectivity index (χ1n) is 10.9. The summed E-state index contributed by atoms with van der Waals surface area (Å²) >= 11 is 1.13. The van der Waals surface area contributed by atoms with Crippen LogP contribution in [0, 0.1) is 0 Å². The summed E-state index contributed by atoms with van der Waals surface area (Å²) in [6.07, 6.45) is 0. The van der Waals surface area contributed by atoms with Gasteiger partial charge in [0.15, 0.2) is 0 Å². The zero-order chi connectivity index (χ0) is 24.3. The molecule has 7 heteroatoms. The SMILES string of the molecule is CC(C)c1ccc(NC(=O)c2scc(-c3ccccc3)c2S(=O)(=O)N(C)c2ccccc2)cc1. The number of thiophene rings is 1. The number of rotatable bonds is 7. The number of hydrogen-bond acceptors (Lipinski definition) is 4. The highest BCUT2D eigenvalue weighted by Crippen LogP contribution is 2.38. The van der Waals surface area contributed by atoms with Crippen molar-refractivity contribution in [2.24, 2.45) is 0 Å². The molecule has 0 atom stereocenters. The minimum Gasteiger partial charge on any atom is -0.321 e. The predicted molar refractivity (Wildman–Crippen MR) is 140 cm³/mol. The summed E-state index contributed by atoms with van der Waals surface area (Å²) in [5.41, 5.74) is 3.54. The number of sulfonamides is 1. The lowest BCUT2D eigenvalue weighted by Gasteiger charge is -2.21. The minimum atomic E-state index is -4.03. The van der Waals surface area contributed by atoms with Crippen molar-refractivity contribution in [2.45, 2.75) is 24.7 Å². The van der Waals surface area contributed by atoms with Gasteiger partial charge in [0.2, 0.25) is 0 Å². The van der Waals surface area contributed by atoms with Gasteiger partial charge in [0.1, 0.15) is 9.77 Å². The van der Waals surface area contributed by atoms with E-state index in [0.29, 0.717) is 22.9 Å². The monoisotopic (exact) mass is 490 g/mol. The summed E-state index contributed by atoms with van der Waals surface area (Å²) in [5.74, 6) is -0.0785. The largest absolute Gasteiger partial charge is 0.321 e. The third-order valence-corrected chi connectivity index (χ3v) is 8.59. The van der Waals surface area contributed by atoms with Crippen molar-refractivity contribution in [1.29, 1.82) is 0 Å². The number of amides is 1. The standard InChI is InChI=1S/C27H26N2O3S2/c1-19(2)20-14-16-22(17-15-20)28-27(30)25-26(24(18-33-25)21-10-6-4-7-11-21)34(31,32)29(3)23-12-8-5-9-13-23/h4-19H,1-3H3,(H,28,30). The van der Waals surface area contributed by atoms with Crippen LogP contribution in [-0.2, 0) is 10.0 Å². The molecule has 1 amide bonds. The molecular weight excluding hydrogens is 464 g/mol. The molecule has 174 valence electrons. The van der Waals surface area contributed by atoms with E-state index < -0.39 is 15.9 Å². The molecule has 0 aliphatic heterocycles. The first-order valence-corrected chi connectivity index (χ1v) is 13.2. The summed E-state index contributed by atoms with van der Waals surface area (Å²) in [6.45, 7) is 4.20. The third kappa shape index (κ3) is 4.76. The van der Waals surface area contributed by atoms with Crippen molar-refractivity contribution in [1.82, 2.24) is 0 Å². The van der Waals surface area contributed by atoms with Crippen LogP contribution in [0.4, 0.5) is 11.4 Å². The van der Waals surface area contributed by atoms with E-state index in [1.807, 2.05) is 60.7 Å². The van der Waals surface area contributed by atoms with E-state index >= 15 is 0 Å². The van der Waals surface area contributed by atoms with Crippen molar-refractivity contribution in [2.75, 3.05) is 16.7 Å². The first-order chi connectivity index (χ1) is 16.3. The molecule has 0 spiro atoms. The van der Waals surface area contributed by atoms with Gasteiger partial charge in [-0.25, -0.2) is 8.42 Å². The number of benzene rings is 3. The van der Waals surface area contributed by atoms with E-state index in [1.54, 1.807) is 29.6 Å². The van der Waals surface area contributed by atoms with E-state index in [-0.39, 0.29) is 9.77 Å². The molecule has 0 saturated carbocycles. The Bertz CT molecular complexity index is 1380. The van der Waals surface area contributed by atoms with Gasteiger partial charge in [0.25, 0.3) is 15.9 Å². The molecule has 1 aromatic heterocycles. The fourth-order valence-corrected chi connectivity index (χ4v) is 6.48. The molecule has 34 heavy (non-hydrogen) atoms. The molecule has 1 heterocycles. The van der Waals surface area contributed by atoms with Crippen molar-refractivity contribution in [3.05, 3.63) is 101 Å². The predicted octanol–water partition coefficient (Wildman–Crippen LogP) is 6.62. The molecule has 0 saturated heterocycles. The zero-order valence-corrected chi connectivity index (χ0v) is 20.9. The second kappa shape index (κ2) is 9.83. The van der Waals surface area contributed by atoms with Crippen molar-refractivity contribution in [3.8, 4) is 11.1 Å². The lowest BCUT2D eigenvalue weighted by Crippen LogP contribution is -2.28. The van der Waals surface area contributed by atoms with Crippen LogP contribution < -0.4 is 9.62 Å². The summed E-state index contributed by atoms with van der Waals surface area (Å²) in [5, 5.41) is 4.60. The van der Waals surface area contributed by atoms with Crippen LogP contribution in [0.2, 0.25) is 0 Å². The molecule has 5 nitrogen and oxygen atoms in total. The number of para-hydroxylation sites is 1. The molecule has 0 fully saturated rings. The molecule has 0 unspecified atom stereocenters. The average Bonchev–Trinajstić information content (AvgIpc) is 3.31. The van der Waals surface area contributed by atoms with Gasteiger partial charge in [0, 0.05) is 23.7 Å². The molecule has 0 aliphatic rings. The average molecular weight is 491 g/mol. The van der Waals surface area contributed by atoms with Gasteiger partial charge >= 0.3 is 0 Å². The van der Waals surface area contributed by atoms with Crippen LogP contribution in [0.1, 0.15) is 35.0 Å². The normalized spacial score (nSPS) is 11.4. The summed E-state index contributed by atoms with van der Waals surface area (Å²) in [4.78, 5) is 13.5. The lowest BCUT2D eigenvalue weighted by molar-refractivity contribution is 0.102. The van der Waals surface area contributed by atoms with E-state index in [0.717, 1.165) is 22.5 Å².